The zero-order valence-corrected chi connectivity index (χ0v) is 17.7. The zero-order chi connectivity index (χ0) is 24.2. The Hall–Kier alpha value is -2.73. The summed E-state index contributed by atoms with van der Waals surface area (Å²) in [6.07, 6.45) is -0.900. The Kier molecular flexibility index (Phi) is 7.90. The number of carbonyl (C=O) groups excluding carboxylic acids is 2. The standard InChI is InChI=1S/C19H25N3O4.C2HF3O2/c23-14-9-12(10-14)19(25)22-8-6-16-15(22)4-5-17(26-16)18(24)21-11-13-3-1-2-7-20-13;3-2(4,5)1(6)7/h1-3,7,12,14-17,23H,4-6,8-11H2,(H,21,24);(H,6,7)/t12?,14?,15-,16-,17-;/m1./s1. The number of alkyl halides is 3. The summed E-state index contributed by atoms with van der Waals surface area (Å²) in [5.41, 5.74) is 0.815. The van der Waals surface area contributed by atoms with Gasteiger partial charge in [-0.1, -0.05) is 6.07 Å². The third-order valence-corrected chi connectivity index (χ3v) is 6.00. The van der Waals surface area contributed by atoms with Gasteiger partial charge in [-0.25, -0.2) is 4.79 Å². The molecule has 3 heterocycles. The molecule has 1 saturated carbocycles. The highest BCUT2D eigenvalue weighted by molar-refractivity contribution is 5.82. The van der Waals surface area contributed by atoms with Crippen LogP contribution in [-0.4, -0.2) is 75.0 Å². The van der Waals surface area contributed by atoms with Crippen LogP contribution in [0.15, 0.2) is 24.4 Å². The highest BCUT2D eigenvalue weighted by Gasteiger charge is 2.46. The number of hydrogen-bond acceptors (Lipinski definition) is 6. The molecule has 0 bridgehead atoms. The Morgan fingerprint density at radius 3 is 2.45 bits per heavy atom. The van der Waals surface area contributed by atoms with Crippen molar-refractivity contribution in [2.45, 2.75) is 69.2 Å². The minimum atomic E-state index is -5.08. The van der Waals surface area contributed by atoms with E-state index in [1.165, 1.54) is 0 Å². The molecular formula is C21H26F3N3O6. The number of hydrogen-bond donors (Lipinski definition) is 3. The van der Waals surface area contributed by atoms with Crippen LogP contribution in [0.2, 0.25) is 0 Å². The molecule has 3 aliphatic rings. The number of fused-ring (bicyclic) bond motifs is 1. The Balaban J connectivity index is 0.000000383. The van der Waals surface area contributed by atoms with E-state index in [1.54, 1.807) is 6.20 Å². The summed E-state index contributed by atoms with van der Waals surface area (Å²) in [5, 5.41) is 19.4. The second-order valence-electron chi connectivity index (χ2n) is 8.29. The van der Waals surface area contributed by atoms with Gasteiger partial charge in [0.1, 0.15) is 6.10 Å². The second-order valence-corrected chi connectivity index (χ2v) is 8.29. The lowest BCUT2D eigenvalue weighted by molar-refractivity contribution is -0.192. The van der Waals surface area contributed by atoms with E-state index >= 15 is 0 Å². The molecule has 0 unspecified atom stereocenters. The molecule has 4 rings (SSSR count). The molecule has 182 valence electrons. The summed E-state index contributed by atoms with van der Waals surface area (Å²) in [4.78, 5) is 40.0. The maximum atomic E-state index is 12.6. The number of pyridine rings is 1. The van der Waals surface area contributed by atoms with Gasteiger partial charge < -0.3 is 25.2 Å². The van der Waals surface area contributed by atoms with Crippen LogP contribution in [0.25, 0.3) is 0 Å². The highest BCUT2D eigenvalue weighted by Crippen LogP contribution is 2.36. The van der Waals surface area contributed by atoms with Crippen molar-refractivity contribution in [1.29, 1.82) is 0 Å². The fraction of sp³-hybridized carbons (Fsp3) is 0.619. The van der Waals surface area contributed by atoms with Gasteiger partial charge in [0.25, 0.3) is 0 Å². The molecule has 0 aromatic carbocycles. The molecule has 0 spiro atoms. The van der Waals surface area contributed by atoms with Crippen molar-refractivity contribution in [3.05, 3.63) is 30.1 Å². The van der Waals surface area contributed by atoms with Crippen LogP contribution in [0.4, 0.5) is 13.2 Å². The second kappa shape index (κ2) is 10.5. The fourth-order valence-electron chi connectivity index (χ4n) is 4.21. The van der Waals surface area contributed by atoms with E-state index in [4.69, 9.17) is 14.6 Å². The number of aliphatic carboxylic acids is 1. The van der Waals surface area contributed by atoms with E-state index in [-0.39, 0.29) is 36.0 Å². The van der Waals surface area contributed by atoms with Gasteiger partial charge in [-0.15, -0.1) is 0 Å². The minimum absolute atomic E-state index is 0.0388. The Morgan fingerprint density at radius 2 is 1.88 bits per heavy atom. The summed E-state index contributed by atoms with van der Waals surface area (Å²) in [6.45, 7) is 1.07. The third-order valence-electron chi connectivity index (χ3n) is 6.00. The molecular weight excluding hydrogens is 447 g/mol. The van der Waals surface area contributed by atoms with Crippen LogP contribution in [-0.2, 0) is 25.7 Å². The van der Waals surface area contributed by atoms with Crippen molar-refractivity contribution in [1.82, 2.24) is 15.2 Å². The molecule has 1 aromatic heterocycles. The molecule has 0 radical (unpaired) electrons. The zero-order valence-electron chi connectivity index (χ0n) is 17.7. The van der Waals surface area contributed by atoms with Gasteiger partial charge in [0.05, 0.1) is 30.5 Å². The van der Waals surface area contributed by atoms with Crippen molar-refractivity contribution in [3.8, 4) is 0 Å². The van der Waals surface area contributed by atoms with Crippen LogP contribution < -0.4 is 5.32 Å². The molecule has 3 fully saturated rings. The van der Waals surface area contributed by atoms with Gasteiger partial charge in [0.15, 0.2) is 0 Å². The molecule has 3 N–H and O–H groups in total. The lowest BCUT2D eigenvalue weighted by Crippen LogP contribution is -2.51. The van der Waals surface area contributed by atoms with Crippen molar-refractivity contribution in [3.63, 3.8) is 0 Å². The van der Waals surface area contributed by atoms with E-state index < -0.39 is 18.2 Å². The van der Waals surface area contributed by atoms with Crippen LogP contribution in [0.3, 0.4) is 0 Å². The maximum Gasteiger partial charge on any atom is 0.490 e. The minimum Gasteiger partial charge on any atom is -0.475 e. The van der Waals surface area contributed by atoms with Crippen LogP contribution in [0, 0.1) is 5.92 Å². The lowest BCUT2D eigenvalue weighted by atomic mass is 9.81. The smallest absolute Gasteiger partial charge is 0.475 e. The number of nitrogens with one attached hydrogen (secondary N) is 1. The number of carboxylic acids is 1. The number of rotatable bonds is 4. The maximum absolute atomic E-state index is 12.6. The third kappa shape index (κ3) is 6.41. The topological polar surface area (TPSA) is 129 Å². The normalized spacial score (nSPS) is 28.6. The average molecular weight is 473 g/mol. The van der Waals surface area contributed by atoms with Gasteiger partial charge in [-0.3, -0.25) is 14.6 Å². The lowest BCUT2D eigenvalue weighted by Gasteiger charge is -2.39. The van der Waals surface area contributed by atoms with Gasteiger partial charge in [-0.05, 0) is 44.2 Å². The number of aliphatic hydroxyl groups is 1. The number of aromatic nitrogens is 1. The number of carbonyl (C=O) groups is 3. The SMILES string of the molecule is O=C(NCc1ccccn1)[C@H]1CC[C@@H]2[C@@H](CCN2C(=O)C2CC(O)C2)O1.O=C(O)C(F)(F)F. The molecule has 2 saturated heterocycles. The highest BCUT2D eigenvalue weighted by atomic mass is 19.4. The van der Waals surface area contributed by atoms with Crippen LogP contribution in [0.1, 0.15) is 37.8 Å². The monoisotopic (exact) mass is 473 g/mol. The van der Waals surface area contributed by atoms with Crippen molar-refractivity contribution < 1.29 is 42.5 Å². The Bertz CT molecular complexity index is 847. The molecule has 2 amide bonds. The Morgan fingerprint density at radius 1 is 1.18 bits per heavy atom. The van der Waals surface area contributed by atoms with Gasteiger partial charge in [0, 0.05) is 18.7 Å². The number of halogens is 3. The van der Waals surface area contributed by atoms with Gasteiger partial charge in [-0.2, -0.15) is 13.2 Å². The number of carboxylic acid groups (broad SMARTS) is 1. The van der Waals surface area contributed by atoms with Crippen LogP contribution in [0.5, 0.6) is 0 Å². The van der Waals surface area contributed by atoms with E-state index in [9.17, 15) is 27.9 Å². The van der Waals surface area contributed by atoms with E-state index in [0.717, 1.165) is 18.5 Å². The summed E-state index contributed by atoms with van der Waals surface area (Å²) >= 11 is 0. The number of ether oxygens (including phenoxy) is 1. The van der Waals surface area contributed by atoms with Gasteiger partial charge in [0.2, 0.25) is 11.8 Å². The average Bonchev–Trinajstić information content (AvgIpc) is 3.18. The number of likely N-dealkylation sites (tertiary alicyclic amines) is 1. The van der Waals surface area contributed by atoms with Crippen molar-refractivity contribution in [2.24, 2.45) is 5.92 Å². The summed E-state index contributed by atoms with van der Waals surface area (Å²) < 4.78 is 37.8. The molecule has 12 heteroatoms. The summed E-state index contributed by atoms with van der Waals surface area (Å²) in [5.74, 6) is -2.76. The number of aliphatic hydroxyl groups excluding tert-OH is 1. The number of amides is 2. The predicted molar refractivity (Wildman–Crippen MR) is 107 cm³/mol. The van der Waals surface area contributed by atoms with E-state index in [0.29, 0.717) is 32.4 Å². The summed E-state index contributed by atoms with van der Waals surface area (Å²) in [6, 6.07) is 5.67. The first-order valence-corrected chi connectivity index (χ1v) is 10.7. The first kappa shape index (κ1) is 24.9. The number of nitrogens with zero attached hydrogens (tertiary/aromatic N) is 2. The van der Waals surface area contributed by atoms with Crippen molar-refractivity contribution >= 4 is 17.8 Å². The molecule has 1 aliphatic carbocycles. The largest absolute Gasteiger partial charge is 0.490 e. The Labute approximate surface area is 187 Å². The predicted octanol–water partition coefficient (Wildman–Crippen LogP) is 1.25. The van der Waals surface area contributed by atoms with E-state index in [2.05, 4.69) is 10.3 Å². The molecule has 33 heavy (non-hydrogen) atoms. The molecule has 1 aromatic rings. The van der Waals surface area contributed by atoms with E-state index in [1.807, 2.05) is 23.1 Å². The molecule has 9 nitrogen and oxygen atoms in total. The quantitative estimate of drug-likeness (QED) is 0.600. The molecule has 2 aliphatic heterocycles. The first-order valence-electron chi connectivity index (χ1n) is 10.7. The first-order chi connectivity index (χ1) is 15.6. The van der Waals surface area contributed by atoms with Crippen molar-refractivity contribution in [2.75, 3.05) is 6.54 Å². The summed E-state index contributed by atoms with van der Waals surface area (Å²) in [7, 11) is 0. The fourth-order valence-corrected chi connectivity index (χ4v) is 4.21. The van der Waals surface area contributed by atoms with Gasteiger partial charge >= 0.3 is 12.1 Å². The van der Waals surface area contributed by atoms with Crippen LogP contribution >= 0.6 is 0 Å². The molecule has 3 atom stereocenters.